The molecule has 0 saturated heterocycles. The fourth-order valence-corrected chi connectivity index (χ4v) is 8.27. The van der Waals surface area contributed by atoms with Crippen molar-refractivity contribution in [2.24, 2.45) is 0 Å². The average molecular weight is 952 g/mol. The van der Waals surface area contributed by atoms with E-state index in [1.54, 1.807) is 0 Å². The Morgan fingerprint density at radius 2 is 0.559 bits per heavy atom. The zero-order chi connectivity index (χ0) is 49.3. The highest BCUT2D eigenvalue weighted by Crippen LogP contribution is 2.15. The van der Waals surface area contributed by atoms with Gasteiger partial charge in [-0.1, -0.05) is 236 Å². The van der Waals surface area contributed by atoms with Gasteiger partial charge in [0.1, 0.15) is 13.2 Å². The van der Waals surface area contributed by atoms with Crippen molar-refractivity contribution in [3.63, 3.8) is 0 Å². The van der Waals surface area contributed by atoms with Crippen molar-refractivity contribution < 1.29 is 28.6 Å². The van der Waals surface area contributed by atoms with E-state index in [-0.39, 0.29) is 31.1 Å². The topological polar surface area (TPSA) is 78.9 Å². The Balaban J connectivity index is 4.35. The molecule has 0 amide bonds. The number of carbonyl (C=O) groups is 3. The molecule has 0 aliphatic heterocycles. The van der Waals surface area contributed by atoms with Crippen LogP contribution in [0.25, 0.3) is 0 Å². The van der Waals surface area contributed by atoms with E-state index in [1.165, 1.54) is 154 Å². The minimum atomic E-state index is -0.786. The van der Waals surface area contributed by atoms with Crippen LogP contribution in [0, 0.1) is 0 Å². The lowest BCUT2D eigenvalue weighted by Crippen LogP contribution is -2.30. The number of unbranched alkanes of at least 4 members (excludes halogenated alkanes) is 32. The van der Waals surface area contributed by atoms with Crippen molar-refractivity contribution in [3.8, 4) is 0 Å². The van der Waals surface area contributed by atoms with Crippen LogP contribution in [0.15, 0.2) is 60.8 Å². The van der Waals surface area contributed by atoms with Crippen molar-refractivity contribution >= 4 is 17.9 Å². The third-order valence-corrected chi connectivity index (χ3v) is 12.7. The molecule has 0 fully saturated rings. The molecule has 0 N–H and O–H groups in total. The standard InChI is InChI=1S/C62H110O6/c1-4-7-10-13-16-19-22-25-27-29-30-31-32-33-35-37-40-43-46-49-52-55-61(64)67-58-59(57-66-60(63)54-51-48-45-42-39-36-24-21-18-15-12-9-6-3)68-62(65)56-53-50-47-44-41-38-34-28-26-23-20-17-14-11-8-5-2/h12,15,21-22,24-25,28-30,34,59H,4-11,13-14,16-20,23,26-27,31-33,35-58H2,1-3H3/b15-12-,24-21-,25-22-,30-29-,34-28-. The molecule has 0 radical (unpaired) electrons. The van der Waals surface area contributed by atoms with Gasteiger partial charge >= 0.3 is 17.9 Å². The summed E-state index contributed by atoms with van der Waals surface area (Å²) in [6.45, 7) is 6.56. The highest BCUT2D eigenvalue weighted by molar-refractivity contribution is 5.71. The molecule has 0 bridgehead atoms. The van der Waals surface area contributed by atoms with Crippen molar-refractivity contribution in [1.29, 1.82) is 0 Å². The van der Waals surface area contributed by atoms with Crippen LogP contribution in [-0.2, 0) is 28.6 Å². The fourth-order valence-electron chi connectivity index (χ4n) is 8.27. The summed E-state index contributed by atoms with van der Waals surface area (Å²) in [6, 6.07) is 0. The van der Waals surface area contributed by atoms with Gasteiger partial charge in [0.25, 0.3) is 0 Å². The van der Waals surface area contributed by atoms with Crippen molar-refractivity contribution in [2.75, 3.05) is 13.2 Å². The van der Waals surface area contributed by atoms with Crippen LogP contribution in [0.5, 0.6) is 0 Å². The molecule has 0 heterocycles. The lowest BCUT2D eigenvalue weighted by Gasteiger charge is -2.18. The van der Waals surface area contributed by atoms with Crippen LogP contribution >= 0.6 is 0 Å². The van der Waals surface area contributed by atoms with Crippen LogP contribution < -0.4 is 0 Å². The normalized spacial score (nSPS) is 12.5. The smallest absolute Gasteiger partial charge is 0.306 e. The van der Waals surface area contributed by atoms with Crippen LogP contribution in [0.2, 0.25) is 0 Å². The van der Waals surface area contributed by atoms with Gasteiger partial charge in [0.05, 0.1) is 0 Å². The zero-order valence-electron chi connectivity index (χ0n) is 45.1. The van der Waals surface area contributed by atoms with Gasteiger partial charge in [-0.25, -0.2) is 0 Å². The Bertz CT molecular complexity index is 1230. The number of esters is 3. The second-order valence-electron chi connectivity index (χ2n) is 19.5. The third-order valence-electron chi connectivity index (χ3n) is 12.7. The number of hydrogen-bond donors (Lipinski definition) is 0. The summed E-state index contributed by atoms with van der Waals surface area (Å²) >= 11 is 0. The third kappa shape index (κ3) is 54.1. The predicted molar refractivity (Wildman–Crippen MR) is 293 cm³/mol. The van der Waals surface area contributed by atoms with E-state index in [2.05, 4.69) is 81.5 Å². The fraction of sp³-hybridized carbons (Fsp3) is 0.790. The van der Waals surface area contributed by atoms with E-state index in [1.807, 2.05) is 0 Å². The number of hydrogen-bond acceptors (Lipinski definition) is 6. The molecule has 0 aromatic heterocycles. The van der Waals surface area contributed by atoms with Crippen LogP contribution in [-0.4, -0.2) is 37.2 Å². The van der Waals surface area contributed by atoms with Gasteiger partial charge in [-0.3, -0.25) is 14.4 Å². The van der Waals surface area contributed by atoms with E-state index >= 15 is 0 Å². The summed E-state index contributed by atoms with van der Waals surface area (Å²) in [6.07, 6.45) is 70.7. The van der Waals surface area contributed by atoms with Gasteiger partial charge in [-0.2, -0.15) is 0 Å². The number of ether oxygens (including phenoxy) is 3. The van der Waals surface area contributed by atoms with Crippen molar-refractivity contribution in [1.82, 2.24) is 0 Å². The summed E-state index contributed by atoms with van der Waals surface area (Å²) < 4.78 is 16.9. The Hall–Kier alpha value is -2.89. The molecule has 68 heavy (non-hydrogen) atoms. The molecular formula is C62H110O6. The van der Waals surface area contributed by atoms with Gasteiger partial charge in [0.2, 0.25) is 0 Å². The first-order valence-corrected chi connectivity index (χ1v) is 29.3. The maximum Gasteiger partial charge on any atom is 0.306 e. The lowest BCUT2D eigenvalue weighted by molar-refractivity contribution is -0.167. The predicted octanol–water partition coefficient (Wildman–Crippen LogP) is 19.6. The van der Waals surface area contributed by atoms with E-state index in [4.69, 9.17) is 14.2 Å². The highest BCUT2D eigenvalue weighted by atomic mass is 16.6. The number of rotatable bonds is 53. The molecule has 0 saturated carbocycles. The molecular weight excluding hydrogens is 841 g/mol. The average Bonchev–Trinajstić information content (AvgIpc) is 3.34. The first-order chi connectivity index (χ1) is 33.5. The summed E-state index contributed by atoms with van der Waals surface area (Å²) in [5, 5.41) is 0. The van der Waals surface area contributed by atoms with E-state index in [9.17, 15) is 14.4 Å². The zero-order valence-corrected chi connectivity index (χ0v) is 45.1. The molecule has 0 aromatic rings. The Kier molecular flexibility index (Phi) is 54.3. The monoisotopic (exact) mass is 951 g/mol. The molecule has 0 rings (SSSR count). The van der Waals surface area contributed by atoms with E-state index in [0.29, 0.717) is 19.3 Å². The molecule has 6 heteroatoms. The Morgan fingerprint density at radius 3 is 0.882 bits per heavy atom. The molecule has 6 nitrogen and oxygen atoms in total. The van der Waals surface area contributed by atoms with Crippen molar-refractivity contribution in [3.05, 3.63) is 60.8 Å². The molecule has 0 aromatic carbocycles. The van der Waals surface area contributed by atoms with Gasteiger partial charge in [-0.15, -0.1) is 0 Å². The van der Waals surface area contributed by atoms with Crippen LogP contribution in [0.4, 0.5) is 0 Å². The maximum atomic E-state index is 12.8. The molecule has 0 aliphatic rings. The first-order valence-electron chi connectivity index (χ1n) is 29.3. The quantitative estimate of drug-likeness (QED) is 0.0262. The largest absolute Gasteiger partial charge is 0.462 e. The second kappa shape index (κ2) is 56.7. The maximum absolute atomic E-state index is 12.8. The molecule has 1 unspecified atom stereocenters. The Labute approximate surface area is 421 Å². The van der Waals surface area contributed by atoms with E-state index < -0.39 is 6.10 Å². The van der Waals surface area contributed by atoms with E-state index in [0.717, 1.165) is 103 Å². The minimum Gasteiger partial charge on any atom is -0.462 e. The number of carbonyl (C=O) groups excluding carboxylic acids is 3. The van der Waals surface area contributed by atoms with Crippen LogP contribution in [0.1, 0.15) is 297 Å². The summed E-state index contributed by atoms with van der Waals surface area (Å²) in [5.74, 6) is -0.900. The van der Waals surface area contributed by atoms with Crippen LogP contribution in [0.3, 0.4) is 0 Å². The van der Waals surface area contributed by atoms with Gasteiger partial charge in [0, 0.05) is 19.3 Å². The second-order valence-corrected chi connectivity index (χ2v) is 19.5. The summed E-state index contributed by atoms with van der Waals surface area (Å²) in [5.41, 5.74) is 0. The van der Waals surface area contributed by atoms with Gasteiger partial charge in [-0.05, 0) is 103 Å². The highest BCUT2D eigenvalue weighted by Gasteiger charge is 2.19. The Morgan fingerprint density at radius 1 is 0.294 bits per heavy atom. The molecule has 0 aliphatic carbocycles. The summed E-state index contributed by atoms with van der Waals surface area (Å²) in [4.78, 5) is 38.1. The molecule has 394 valence electrons. The van der Waals surface area contributed by atoms with Crippen molar-refractivity contribution in [2.45, 2.75) is 303 Å². The van der Waals surface area contributed by atoms with Gasteiger partial charge < -0.3 is 14.2 Å². The molecule has 0 spiro atoms. The minimum absolute atomic E-state index is 0.0834. The van der Waals surface area contributed by atoms with Gasteiger partial charge in [0.15, 0.2) is 6.10 Å². The summed E-state index contributed by atoms with van der Waals surface area (Å²) in [7, 11) is 0. The number of allylic oxidation sites excluding steroid dienone is 10. The molecule has 1 atom stereocenters. The lowest BCUT2D eigenvalue weighted by atomic mass is 10.1. The first kappa shape index (κ1) is 65.1. The SMILES string of the molecule is CCC/C=C\C/C=C\CCCCCCCC(=O)OCC(COC(=O)CCCCCCCCCCC/C=C\C/C=C\CCCCCCC)OC(=O)CCCCCCC/C=C\CCCCCCCCC.